The second kappa shape index (κ2) is 9.39. The molecule has 3 saturated carbocycles. The second-order valence-corrected chi connectivity index (χ2v) is 10.5. The van der Waals surface area contributed by atoms with Gasteiger partial charge in [0.05, 0.1) is 0 Å². The molecule has 0 saturated heterocycles. The van der Waals surface area contributed by atoms with Gasteiger partial charge < -0.3 is 0 Å². The Kier molecular flexibility index (Phi) is 6.98. The van der Waals surface area contributed by atoms with Crippen molar-refractivity contribution in [2.24, 2.45) is 29.6 Å². The molecular weight excluding hydrogens is 407 g/mol. The van der Waals surface area contributed by atoms with Crippen molar-refractivity contribution in [2.75, 3.05) is 0 Å². The number of rotatable bonds is 4. The van der Waals surface area contributed by atoms with Gasteiger partial charge in [0.2, 0.25) is 0 Å². The van der Waals surface area contributed by atoms with Crippen LogP contribution in [0.15, 0.2) is 12.1 Å². The summed E-state index contributed by atoms with van der Waals surface area (Å²) in [4.78, 5) is 0. The van der Waals surface area contributed by atoms with Gasteiger partial charge in [0.1, 0.15) is 17.2 Å². The summed E-state index contributed by atoms with van der Waals surface area (Å²) in [5.74, 6) is 1.13. The Labute approximate surface area is 183 Å². The molecule has 0 radical (unpaired) electrons. The Morgan fingerprint density at radius 3 is 1.84 bits per heavy atom. The lowest BCUT2D eigenvalue weighted by Crippen LogP contribution is -2.34. The topological polar surface area (TPSA) is 0 Å². The van der Waals surface area contributed by atoms with E-state index >= 15 is 0 Å². The van der Waals surface area contributed by atoms with Gasteiger partial charge in [-0.05, 0) is 111 Å². The normalized spacial score (nSPS) is 34.4. The van der Waals surface area contributed by atoms with Crippen molar-refractivity contribution in [3.8, 4) is 0 Å². The quantitative estimate of drug-likeness (QED) is 0.408. The summed E-state index contributed by atoms with van der Waals surface area (Å²) in [6.07, 6.45) is 9.53. The van der Waals surface area contributed by atoms with Crippen LogP contribution < -0.4 is 0 Å². The summed E-state index contributed by atoms with van der Waals surface area (Å²) in [5, 5.41) is 0. The zero-order valence-electron chi connectivity index (χ0n) is 18.5. The van der Waals surface area contributed by atoms with Gasteiger partial charge >= 0.3 is 6.18 Å². The fourth-order valence-corrected chi connectivity index (χ4v) is 7.14. The van der Waals surface area contributed by atoms with Crippen LogP contribution in [0.3, 0.4) is 0 Å². The van der Waals surface area contributed by atoms with Crippen LogP contribution in [0.1, 0.15) is 101 Å². The van der Waals surface area contributed by atoms with Crippen LogP contribution in [-0.4, -0.2) is 0 Å². The highest BCUT2D eigenvalue weighted by atomic mass is 19.4. The van der Waals surface area contributed by atoms with E-state index < -0.39 is 23.4 Å². The third-order valence-corrected chi connectivity index (χ3v) is 8.72. The summed E-state index contributed by atoms with van der Waals surface area (Å²) in [7, 11) is 0. The average Bonchev–Trinajstić information content (AvgIpc) is 2.72. The molecular formula is C26H35F5. The SMILES string of the molecule is CCCC1CCC2CC(C3CCC(c4cc(F)c(C(F)(F)F)c(F)c4)CC3)CCC2C1. The molecule has 31 heavy (non-hydrogen) atoms. The summed E-state index contributed by atoms with van der Waals surface area (Å²) >= 11 is 0. The smallest absolute Gasteiger partial charge is 0.206 e. The first-order chi connectivity index (χ1) is 14.8. The highest BCUT2D eigenvalue weighted by Gasteiger charge is 2.40. The molecule has 4 atom stereocenters. The average molecular weight is 443 g/mol. The molecule has 0 nitrogen and oxygen atoms in total. The van der Waals surface area contributed by atoms with Gasteiger partial charge in [-0.3, -0.25) is 0 Å². The summed E-state index contributed by atoms with van der Waals surface area (Å²) in [5.41, 5.74) is -1.38. The maximum atomic E-state index is 14.0. The minimum Gasteiger partial charge on any atom is -0.206 e. The third kappa shape index (κ3) is 5.11. The Bertz CT molecular complexity index is 724. The van der Waals surface area contributed by atoms with Crippen molar-refractivity contribution in [3.05, 3.63) is 34.9 Å². The van der Waals surface area contributed by atoms with Gasteiger partial charge in [0.25, 0.3) is 0 Å². The van der Waals surface area contributed by atoms with Gasteiger partial charge in [-0.1, -0.05) is 26.2 Å². The highest BCUT2D eigenvalue weighted by Crippen LogP contribution is 2.50. The van der Waals surface area contributed by atoms with Crippen LogP contribution in [0, 0.1) is 41.2 Å². The van der Waals surface area contributed by atoms with E-state index in [1.165, 1.54) is 51.4 Å². The number of halogens is 5. The largest absolute Gasteiger partial charge is 0.422 e. The third-order valence-electron chi connectivity index (χ3n) is 8.72. The van der Waals surface area contributed by atoms with Crippen LogP contribution >= 0.6 is 0 Å². The molecule has 3 aliphatic rings. The minimum atomic E-state index is -5.00. The fourth-order valence-electron chi connectivity index (χ4n) is 7.14. The van der Waals surface area contributed by atoms with Crippen LogP contribution in [0.25, 0.3) is 0 Å². The second-order valence-electron chi connectivity index (χ2n) is 10.5. The fraction of sp³-hybridized carbons (Fsp3) is 0.769. The van der Waals surface area contributed by atoms with Crippen molar-refractivity contribution >= 4 is 0 Å². The molecule has 0 spiro atoms. The zero-order chi connectivity index (χ0) is 22.2. The number of hydrogen-bond donors (Lipinski definition) is 0. The molecule has 0 aromatic heterocycles. The molecule has 4 unspecified atom stereocenters. The van der Waals surface area contributed by atoms with Crippen molar-refractivity contribution in [2.45, 2.75) is 96.1 Å². The van der Waals surface area contributed by atoms with Gasteiger partial charge in [-0.25, -0.2) is 8.78 Å². The molecule has 4 rings (SSSR count). The first kappa shape index (κ1) is 23.0. The number of hydrogen-bond acceptors (Lipinski definition) is 0. The Hall–Kier alpha value is -1.13. The summed E-state index contributed by atoms with van der Waals surface area (Å²) in [6.45, 7) is 2.28. The maximum Gasteiger partial charge on any atom is 0.422 e. The number of fused-ring (bicyclic) bond motifs is 1. The summed E-state index contributed by atoms with van der Waals surface area (Å²) < 4.78 is 66.5. The lowest BCUT2D eigenvalue weighted by atomic mass is 9.60. The molecule has 0 amide bonds. The molecule has 1 aromatic rings. The Morgan fingerprint density at radius 2 is 1.26 bits per heavy atom. The van der Waals surface area contributed by atoms with Gasteiger partial charge in [0, 0.05) is 0 Å². The van der Waals surface area contributed by atoms with E-state index in [0.29, 0.717) is 11.5 Å². The first-order valence-electron chi connectivity index (χ1n) is 12.3. The molecule has 3 aliphatic carbocycles. The van der Waals surface area contributed by atoms with Crippen molar-refractivity contribution in [1.82, 2.24) is 0 Å². The molecule has 174 valence electrons. The van der Waals surface area contributed by atoms with E-state index in [0.717, 1.165) is 61.5 Å². The zero-order valence-corrected chi connectivity index (χ0v) is 18.5. The minimum absolute atomic E-state index is 0.0386. The van der Waals surface area contributed by atoms with E-state index in [4.69, 9.17) is 0 Å². The number of benzene rings is 1. The first-order valence-corrected chi connectivity index (χ1v) is 12.3. The molecule has 0 bridgehead atoms. The van der Waals surface area contributed by atoms with Crippen LogP contribution in [-0.2, 0) is 6.18 Å². The molecule has 0 aliphatic heterocycles. The van der Waals surface area contributed by atoms with Gasteiger partial charge in [-0.15, -0.1) is 0 Å². The van der Waals surface area contributed by atoms with Crippen molar-refractivity contribution < 1.29 is 22.0 Å². The predicted molar refractivity (Wildman–Crippen MR) is 113 cm³/mol. The van der Waals surface area contributed by atoms with Crippen molar-refractivity contribution in [3.63, 3.8) is 0 Å². The van der Waals surface area contributed by atoms with Gasteiger partial charge in [0.15, 0.2) is 0 Å². The van der Waals surface area contributed by atoms with E-state index in [1.807, 2.05) is 0 Å². The standard InChI is InChI=1S/C26H35F5/c1-2-3-16-4-5-21-13-20(11-10-19(21)12-16)17-6-8-18(9-7-17)22-14-23(27)25(24(28)15-22)26(29,30)31/h14-21H,2-13H2,1H3. The van der Waals surface area contributed by atoms with E-state index in [2.05, 4.69) is 6.92 Å². The lowest BCUT2D eigenvalue weighted by Gasteiger charge is -2.45. The van der Waals surface area contributed by atoms with Gasteiger partial charge in [-0.2, -0.15) is 13.2 Å². The molecule has 0 N–H and O–H groups in total. The summed E-state index contributed by atoms with van der Waals surface area (Å²) in [6, 6.07) is 1.83. The Balaban J connectivity index is 1.33. The van der Waals surface area contributed by atoms with E-state index in [1.54, 1.807) is 0 Å². The van der Waals surface area contributed by atoms with Crippen LogP contribution in [0.4, 0.5) is 22.0 Å². The van der Waals surface area contributed by atoms with E-state index in [9.17, 15) is 22.0 Å². The highest BCUT2D eigenvalue weighted by molar-refractivity contribution is 5.30. The lowest BCUT2D eigenvalue weighted by molar-refractivity contribution is -0.142. The van der Waals surface area contributed by atoms with Crippen LogP contribution in [0.2, 0.25) is 0 Å². The maximum absolute atomic E-state index is 14.0. The number of alkyl halides is 3. The van der Waals surface area contributed by atoms with Crippen LogP contribution in [0.5, 0.6) is 0 Å². The van der Waals surface area contributed by atoms with Crippen molar-refractivity contribution in [1.29, 1.82) is 0 Å². The molecule has 1 aromatic carbocycles. The molecule has 3 fully saturated rings. The van der Waals surface area contributed by atoms with E-state index in [-0.39, 0.29) is 5.92 Å². The molecule has 5 heteroatoms. The predicted octanol–water partition coefficient (Wildman–Crippen LogP) is 8.89. The monoisotopic (exact) mass is 442 g/mol. The molecule has 0 heterocycles. The Morgan fingerprint density at radius 1 is 0.742 bits per heavy atom.